The Bertz CT molecular complexity index is 466. The van der Waals surface area contributed by atoms with E-state index in [1.807, 2.05) is 13.8 Å². The van der Waals surface area contributed by atoms with Gasteiger partial charge in [-0.2, -0.15) is 0 Å². The van der Waals surface area contributed by atoms with Gasteiger partial charge < -0.3 is 5.11 Å². The van der Waals surface area contributed by atoms with Crippen LogP contribution in [0.3, 0.4) is 0 Å². The molecular formula is C11H16N2O3. The fourth-order valence-corrected chi connectivity index (χ4v) is 1.47. The van der Waals surface area contributed by atoms with E-state index < -0.39 is 5.97 Å². The number of hydrogen-bond donors (Lipinski definition) is 1. The average Bonchev–Trinajstić information content (AvgIpc) is 2.46. The number of hydrogen-bond acceptors (Lipinski definition) is 2. The second kappa shape index (κ2) is 4.83. The Balaban J connectivity index is 2.92. The van der Waals surface area contributed by atoms with E-state index in [9.17, 15) is 9.59 Å². The van der Waals surface area contributed by atoms with Crippen molar-refractivity contribution in [3.05, 3.63) is 34.5 Å². The predicted molar refractivity (Wildman–Crippen MR) is 60.5 cm³/mol. The summed E-state index contributed by atoms with van der Waals surface area (Å²) in [5.41, 5.74) is 0.518. The lowest BCUT2D eigenvalue weighted by molar-refractivity contribution is -0.131. The monoisotopic (exact) mass is 224 g/mol. The third-order valence-electron chi connectivity index (χ3n) is 2.22. The number of carboxylic acids is 1. The Hall–Kier alpha value is -1.78. The summed E-state index contributed by atoms with van der Waals surface area (Å²) >= 11 is 0. The molecule has 0 radical (unpaired) electrons. The van der Waals surface area contributed by atoms with Gasteiger partial charge in [-0.3, -0.25) is 9.13 Å². The molecule has 0 saturated heterocycles. The summed E-state index contributed by atoms with van der Waals surface area (Å²) in [5.74, 6) is -0.992. The van der Waals surface area contributed by atoms with E-state index in [1.165, 1.54) is 4.57 Å². The molecule has 1 aromatic heterocycles. The zero-order chi connectivity index (χ0) is 12.3. The Morgan fingerprint density at radius 2 is 2.12 bits per heavy atom. The van der Waals surface area contributed by atoms with Crippen LogP contribution >= 0.6 is 0 Å². The van der Waals surface area contributed by atoms with Crippen LogP contribution in [0.4, 0.5) is 0 Å². The minimum Gasteiger partial charge on any atom is -0.478 e. The van der Waals surface area contributed by atoms with Crippen molar-refractivity contribution in [1.29, 1.82) is 0 Å². The number of allylic oxidation sites excluding steroid dienone is 1. The molecule has 0 saturated carbocycles. The van der Waals surface area contributed by atoms with Crippen LogP contribution in [0.1, 0.15) is 26.8 Å². The number of imidazole rings is 1. The van der Waals surface area contributed by atoms with Gasteiger partial charge in [0.2, 0.25) is 0 Å². The highest BCUT2D eigenvalue weighted by Gasteiger charge is 2.06. The lowest BCUT2D eigenvalue weighted by Crippen LogP contribution is -2.25. The standard InChI is InChI=1S/C11H16N2O3/c1-8(2)13-5-4-12(11(13)16)7-9(3)6-10(14)15/h4-6,8H,7H2,1-3H3,(H,14,15)/b9-6+. The van der Waals surface area contributed by atoms with E-state index >= 15 is 0 Å². The number of carboxylic acid groups (broad SMARTS) is 1. The molecule has 0 atom stereocenters. The largest absolute Gasteiger partial charge is 0.478 e. The first-order chi connectivity index (χ1) is 7.41. The van der Waals surface area contributed by atoms with Crippen molar-refractivity contribution in [3.8, 4) is 0 Å². The molecule has 0 unspecified atom stereocenters. The summed E-state index contributed by atoms with van der Waals surface area (Å²) in [7, 11) is 0. The zero-order valence-electron chi connectivity index (χ0n) is 9.67. The molecule has 5 heteroatoms. The third-order valence-corrected chi connectivity index (χ3v) is 2.22. The molecule has 0 spiro atoms. The topological polar surface area (TPSA) is 64.2 Å². The summed E-state index contributed by atoms with van der Waals surface area (Å²) < 4.78 is 3.10. The molecule has 0 fully saturated rings. The third kappa shape index (κ3) is 2.85. The van der Waals surface area contributed by atoms with E-state index in [-0.39, 0.29) is 11.7 Å². The SMILES string of the molecule is C/C(=C\C(=O)O)Cn1ccn(C(C)C)c1=O. The van der Waals surface area contributed by atoms with Gasteiger partial charge in [0, 0.05) is 31.1 Å². The smallest absolute Gasteiger partial charge is 0.328 e. The molecule has 1 heterocycles. The second-order valence-electron chi connectivity index (χ2n) is 4.04. The molecule has 0 aromatic carbocycles. The fraction of sp³-hybridized carbons (Fsp3) is 0.455. The molecule has 16 heavy (non-hydrogen) atoms. The van der Waals surface area contributed by atoms with Crippen molar-refractivity contribution >= 4 is 5.97 Å². The number of carbonyl (C=O) groups is 1. The summed E-state index contributed by atoms with van der Waals surface area (Å²) in [4.78, 5) is 22.2. The highest BCUT2D eigenvalue weighted by Crippen LogP contribution is 2.01. The normalized spacial score (nSPS) is 12.1. The maximum absolute atomic E-state index is 11.8. The van der Waals surface area contributed by atoms with Crippen molar-refractivity contribution in [2.75, 3.05) is 0 Å². The first-order valence-corrected chi connectivity index (χ1v) is 5.09. The van der Waals surface area contributed by atoms with Crippen molar-refractivity contribution in [2.45, 2.75) is 33.4 Å². The minimum atomic E-state index is -0.992. The Kier molecular flexibility index (Phi) is 3.71. The van der Waals surface area contributed by atoms with Crippen molar-refractivity contribution in [1.82, 2.24) is 9.13 Å². The highest BCUT2D eigenvalue weighted by molar-refractivity contribution is 5.80. The molecule has 0 amide bonds. The molecule has 1 N–H and O–H groups in total. The number of nitrogens with zero attached hydrogens (tertiary/aromatic N) is 2. The van der Waals surface area contributed by atoms with Crippen LogP contribution in [0.25, 0.3) is 0 Å². The lowest BCUT2D eigenvalue weighted by Gasteiger charge is -2.04. The summed E-state index contributed by atoms with van der Waals surface area (Å²) in [6.07, 6.45) is 4.49. The molecule has 5 nitrogen and oxygen atoms in total. The van der Waals surface area contributed by atoms with Crippen molar-refractivity contribution < 1.29 is 9.90 Å². The molecule has 0 aliphatic rings. The van der Waals surface area contributed by atoms with Crippen LogP contribution < -0.4 is 5.69 Å². The first-order valence-electron chi connectivity index (χ1n) is 5.09. The summed E-state index contributed by atoms with van der Waals surface area (Å²) in [6.45, 7) is 5.84. The number of rotatable bonds is 4. The van der Waals surface area contributed by atoms with Gasteiger partial charge >= 0.3 is 11.7 Å². The fourth-order valence-electron chi connectivity index (χ4n) is 1.47. The van der Waals surface area contributed by atoms with Gasteiger partial charge in [-0.1, -0.05) is 0 Å². The van der Waals surface area contributed by atoms with Gasteiger partial charge in [0.25, 0.3) is 0 Å². The van der Waals surface area contributed by atoms with Crippen LogP contribution in [-0.2, 0) is 11.3 Å². The van der Waals surface area contributed by atoms with Gasteiger partial charge in [-0.15, -0.1) is 0 Å². The van der Waals surface area contributed by atoms with Gasteiger partial charge in [-0.05, 0) is 26.3 Å². The first kappa shape index (κ1) is 12.3. The van der Waals surface area contributed by atoms with E-state index in [0.29, 0.717) is 12.1 Å². The second-order valence-corrected chi connectivity index (χ2v) is 4.04. The van der Waals surface area contributed by atoms with Crippen molar-refractivity contribution in [3.63, 3.8) is 0 Å². The van der Waals surface area contributed by atoms with Gasteiger partial charge in [-0.25, -0.2) is 9.59 Å². The zero-order valence-corrected chi connectivity index (χ0v) is 9.67. The Morgan fingerprint density at radius 1 is 1.50 bits per heavy atom. The summed E-state index contributed by atoms with van der Waals surface area (Å²) in [5, 5.41) is 8.56. The molecule has 1 rings (SSSR count). The molecule has 0 bridgehead atoms. The summed E-state index contributed by atoms with van der Waals surface area (Å²) in [6, 6.07) is 0.109. The molecule has 0 aliphatic carbocycles. The number of aromatic nitrogens is 2. The maximum Gasteiger partial charge on any atom is 0.328 e. The quantitative estimate of drug-likeness (QED) is 0.783. The highest BCUT2D eigenvalue weighted by atomic mass is 16.4. The minimum absolute atomic E-state index is 0.109. The molecular weight excluding hydrogens is 208 g/mol. The van der Waals surface area contributed by atoms with E-state index in [1.54, 1.807) is 23.9 Å². The Morgan fingerprint density at radius 3 is 2.56 bits per heavy atom. The predicted octanol–water partition coefficient (Wildman–Crippen LogP) is 1.26. The average molecular weight is 224 g/mol. The van der Waals surface area contributed by atoms with Gasteiger partial charge in [0.15, 0.2) is 0 Å². The van der Waals surface area contributed by atoms with Gasteiger partial charge in [0.05, 0.1) is 0 Å². The van der Waals surface area contributed by atoms with Crippen LogP contribution in [-0.4, -0.2) is 20.2 Å². The van der Waals surface area contributed by atoms with Crippen LogP contribution in [0, 0.1) is 0 Å². The van der Waals surface area contributed by atoms with Crippen LogP contribution in [0.2, 0.25) is 0 Å². The van der Waals surface area contributed by atoms with E-state index in [2.05, 4.69) is 0 Å². The van der Waals surface area contributed by atoms with Gasteiger partial charge in [0.1, 0.15) is 0 Å². The number of aliphatic carboxylic acids is 1. The Labute approximate surface area is 93.6 Å². The molecule has 0 aliphatic heterocycles. The van der Waals surface area contributed by atoms with E-state index in [0.717, 1.165) is 6.08 Å². The van der Waals surface area contributed by atoms with Crippen LogP contribution in [0.5, 0.6) is 0 Å². The van der Waals surface area contributed by atoms with Crippen molar-refractivity contribution in [2.24, 2.45) is 0 Å². The molecule has 1 aromatic rings. The van der Waals surface area contributed by atoms with E-state index in [4.69, 9.17) is 5.11 Å². The lowest BCUT2D eigenvalue weighted by atomic mass is 10.3. The molecule has 88 valence electrons. The van der Waals surface area contributed by atoms with Crippen LogP contribution in [0.15, 0.2) is 28.8 Å². The maximum atomic E-state index is 11.8.